The van der Waals surface area contributed by atoms with Gasteiger partial charge in [-0.25, -0.2) is 0 Å². The van der Waals surface area contributed by atoms with E-state index in [9.17, 15) is 0 Å². The van der Waals surface area contributed by atoms with Crippen molar-refractivity contribution in [2.45, 2.75) is 19.8 Å². The first-order valence-electron chi connectivity index (χ1n) is 4.08. The highest BCUT2D eigenvalue weighted by Crippen LogP contribution is 2.12. The molecule has 1 aromatic rings. The highest BCUT2D eigenvalue weighted by Gasteiger charge is 1.94. The van der Waals surface area contributed by atoms with Crippen molar-refractivity contribution in [3.8, 4) is 5.75 Å². The van der Waals surface area contributed by atoms with Crippen molar-refractivity contribution in [3.05, 3.63) is 29.8 Å². The van der Waals surface area contributed by atoms with Crippen LogP contribution in [0.5, 0.6) is 5.75 Å². The molecule has 1 rings (SSSR count). The fourth-order valence-electron chi connectivity index (χ4n) is 1.08. The van der Waals surface area contributed by atoms with Gasteiger partial charge in [0.2, 0.25) is 0 Å². The summed E-state index contributed by atoms with van der Waals surface area (Å²) in [6.07, 6.45) is 2.23. The highest BCUT2D eigenvalue weighted by molar-refractivity contribution is 6.17. The Kier molecular flexibility index (Phi) is 3.68. The van der Waals surface area contributed by atoms with Crippen LogP contribution in [0.15, 0.2) is 24.3 Å². The van der Waals surface area contributed by atoms with Gasteiger partial charge in [-0.3, -0.25) is 0 Å². The second-order valence-electron chi connectivity index (χ2n) is 2.62. The summed E-state index contributed by atoms with van der Waals surface area (Å²) in [4.78, 5) is 0. The maximum Gasteiger partial charge on any atom is 0.569 e. The van der Waals surface area contributed by atoms with Gasteiger partial charge in [-0.05, 0) is 24.1 Å². The van der Waals surface area contributed by atoms with E-state index in [4.69, 9.17) is 9.68 Å². The molecule has 12 heavy (non-hydrogen) atoms. The van der Waals surface area contributed by atoms with Crippen molar-refractivity contribution < 1.29 is 9.68 Å². The molecule has 0 atom stereocenters. The van der Waals surface area contributed by atoms with Crippen molar-refractivity contribution in [1.29, 1.82) is 0 Å². The summed E-state index contributed by atoms with van der Waals surface area (Å²) in [5, 5.41) is 8.35. The Hall–Kier alpha value is -0.955. The van der Waals surface area contributed by atoms with Crippen LogP contribution in [0.1, 0.15) is 18.9 Å². The van der Waals surface area contributed by atoms with Crippen LogP contribution in [-0.4, -0.2) is 12.7 Å². The maximum absolute atomic E-state index is 8.35. The molecule has 0 spiro atoms. The Balaban J connectivity index is 2.58. The zero-order valence-electron chi connectivity index (χ0n) is 7.16. The highest BCUT2D eigenvalue weighted by atomic mass is 16.5. The van der Waals surface area contributed by atoms with Crippen LogP contribution in [0, 0.1) is 0 Å². The first-order valence-corrected chi connectivity index (χ1v) is 4.08. The van der Waals surface area contributed by atoms with Gasteiger partial charge in [0.25, 0.3) is 0 Å². The van der Waals surface area contributed by atoms with Crippen LogP contribution in [0.2, 0.25) is 0 Å². The lowest BCUT2D eigenvalue weighted by atomic mass is 10.1. The summed E-state index contributed by atoms with van der Waals surface area (Å²) in [5.41, 5.74) is 1.29. The largest absolute Gasteiger partial charge is 0.569 e. The van der Waals surface area contributed by atoms with E-state index < -0.39 is 0 Å². The number of hydrogen-bond donors (Lipinski definition) is 1. The molecule has 0 saturated carbocycles. The fourth-order valence-corrected chi connectivity index (χ4v) is 1.08. The Bertz CT molecular complexity index is 195. The molecule has 0 aliphatic heterocycles. The van der Waals surface area contributed by atoms with Gasteiger partial charge < -0.3 is 9.68 Å². The van der Waals surface area contributed by atoms with Gasteiger partial charge in [0, 0.05) is 0 Å². The molecule has 0 amide bonds. The van der Waals surface area contributed by atoms with Gasteiger partial charge in [-0.1, -0.05) is 25.5 Å². The van der Waals surface area contributed by atoms with Gasteiger partial charge in [0.15, 0.2) is 0 Å². The molecule has 1 aromatic carbocycles. The normalized spacial score (nSPS) is 9.50. The third kappa shape index (κ3) is 2.59. The monoisotopic (exact) mass is 163 g/mol. The quantitative estimate of drug-likeness (QED) is 0.682. The lowest BCUT2D eigenvalue weighted by molar-refractivity contribution is 0.453. The predicted molar refractivity (Wildman–Crippen MR) is 49.0 cm³/mol. The second kappa shape index (κ2) is 4.83. The molecule has 0 aliphatic carbocycles. The van der Waals surface area contributed by atoms with E-state index in [2.05, 4.69) is 6.92 Å². The average Bonchev–Trinajstić information content (AvgIpc) is 2.09. The summed E-state index contributed by atoms with van der Waals surface area (Å²) in [7, 11) is 0.689. The number of aryl methyl sites for hydroxylation is 1. The summed E-state index contributed by atoms with van der Waals surface area (Å²) in [5.74, 6) is 0.664. The molecular formula is C9H12BO2. The lowest BCUT2D eigenvalue weighted by Crippen LogP contribution is -1.99. The Labute approximate surface area is 73.5 Å². The van der Waals surface area contributed by atoms with E-state index in [1.54, 1.807) is 0 Å². The van der Waals surface area contributed by atoms with Gasteiger partial charge >= 0.3 is 7.69 Å². The minimum absolute atomic E-state index is 0.664. The molecule has 3 heteroatoms. The first kappa shape index (κ1) is 9.14. The van der Waals surface area contributed by atoms with Crippen LogP contribution in [0.4, 0.5) is 0 Å². The Morgan fingerprint density at radius 2 is 2.00 bits per heavy atom. The molecule has 2 nitrogen and oxygen atoms in total. The van der Waals surface area contributed by atoms with Gasteiger partial charge in [0.05, 0.1) is 5.75 Å². The molecule has 1 radical (unpaired) electrons. The number of benzene rings is 1. The first-order chi connectivity index (χ1) is 5.86. The molecule has 0 aromatic heterocycles. The van der Waals surface area contributed by atoms with Crippen molar-refractivity contribution in [2.24, 2.45) is 0 Å². The van der Waals surface area contributed by atoms with Crippen LogP contribution >= 0.6 is 0 Å². The molecule has 0 heterocycles. The summed E-state index contributed by atoms with van der Waals surface area (Å²) >= 11 is 0. The van der Waals surface area contributed by atoms with Gasteiger partial charge in [-0.2, -0.15) is 0 Å². The van der Waals surface area contributed by atoms with Crippen molar-refractivity contribution in [1.82, 2.24) is 0 Å². The van der Waals surface area contributed by atoms with Gasteiger partial charge in [0.1, 0.15) is 0 Å². The summed E-state index contributed by atoms with van der Waals surface area (Å²) < 4.78 is 4.77. The molecule has 0 bridgehead atoms. The average molecular weight is 163 g/mol. The van der Waals surface area contributed by atoms with E-state index in [0.717, 1.165) is 12.8 Å². The predicted octanol–water partition coefficient (Wildman–Crippen LogP) is 1.54. The smallest absolute Gasteiger partial charge is 0.537 e. The Morgan fingerprint density at radius 1 is 1.33 bits per heavy atom. The van der Waals surface area contributed by atoms with E-state index in [1.165, 1.54) is 5.56 Å². The standard InChI is InChI=1S/C9H12BO2/c1-2-3-8-4-6-9(7-5-8)12-10-11/h4-7,11H,2-3H2,1H3. The van der Waals surface area contributed by atoms with E-state index >= 15 is 0 Å². The fraction of sp³-hybridized carbons (Fsp3) is 0.333. The van der Waals surface area contributed by atoms with E-state index in [1.807, 2.05) is 24.3 Å². The van der Waals surface area contributed by atoms with Gasteiger partial charge in [-0.15, -0.1) is 0 Å². The summed E-state index contributed by atoms with van der Waals surface area (Å²) in [6, 6.07) is 7.69. The third-order valence-corrected chi connectivity index (χ3v) is 1.65. The molecule has 1 N–H and O–H groups in total. The minimum atomic E-state index is 0.664. The SMILES string of the molecule is CCCc1ccc(O[B]O)cc1. The lowest BCUT2D eigenvalue weighted by Gasteiger charge is -2.02. The minimum Gasteiger partial charge on any atom is -0.537 e. The Morgan fingerprint density at radius 3 is 2.50 bits per heavy atom. The maximum atomic E-state index is 8.35. The third-order valence-electron chi connectivity index (χ3n) is 1.65. The zero-order valence-corrected chi connectivity index (χ0v) is 7.16. The topological polar surface area (TPSA) is 29.5 Å². The van der Waals surface area contributed by atoms with Crippen LogP contribution in [0.25, 0.3) is 0 Å². The summed E-state index contributed by atoms with van der Waals surface area (Å²) in [6.45, 7) is 2.14. The zero-order chi connectivity index (χ0) is 8.81. The second-order valence-corrected chi connectivity index (χ2v) is 2.62. The molecular weight excluding hydrogens is 151 g/mol. The van der Waals surface area contributed by atoms with Crippen LogP contribution in [0.3, 0.4) is 0 Å². The van der Waals surface area contributed by atoms with E-state index in [0.29, 0.717) is 13.4 Å². The molecule has 0 unspecified atom stereocenters. The molecule has 0 saturated heterocycles. The number of hydrogen-bond acceptors (Lipinski definition) is 2. The molecule has 0 fully saturated rings. The van der Waals surface area contributed by atoms with E-state index in [-0.39, 0.29) is 0 Å². The number of rotatable bonds is 4. The van der Waals surface area contributed by atoms with Crippen molar-refractivity contribution in [3.63, 3.8) is 0 Å². The van der Waals surface area contributed by atoms with Crippen molar-refractivity contribution >= 4 is 7.69 Å². The molecule has 63 valence electrons. The van der Waals surface area contributed by atoms with Crippen LogP contribution in [-0.2, 0) is 6.42 Å². The van der Waals surface area contributed by atoms with Crippen molar-refractivity contribution in [2.75, 3.05) is 0 Å². The van der Waals surface area contributed by atoms with Crippen LogP contribution < -0.4 is 4.65 Å². The molecule has 0 aliphatic rings.